The van der Waals surface area contributed by atoms with E-state index in [1.165, 1.54) is 19.2 Å². The smallest absolute Gasteiger partial charge is 0.341 e. The lowest BCUT2D eigenvalue weighted by atomic mass is 10.1. The van der Waals surface area contributed by atoms with Crippen LogP contribution in [0.1, 0.15) is 10.4 Å². The third-order valence-electron chi connectivity index (χ3n) is 2.50. The van der Waals surface area contributed by atoms with Crippen LogP contribution in [0.15, 0.2) is 36.4 Å². The maximum Gasteiger partial charge on any atom is 0.341 e. The molecule has 2 aromatic rings. The molecule has 0 unspecified atom stereocenters. The van der Waals surface area contributed by atoms with Gasteiger partial charge in [0.25, 0.3) is 0 Å². The summed E-state index contributed by atoms with van der Waals surface area (Å²) >= 11 is 8.29. The number of hydrogen-bond donors (Lipinski definition) is 1. The zero-order valence-electron chi connectivity index (χ0n) is 10.5. The van der Waals surface area contributed by atoms with Gasteiger partial charge in [-0.05, 0) is 59.0 Å². The first-order valence-corrected chi connectivity index (χ1v) is 7.07. The Labute approximate surface area is 135 Å². The lowest BCUT2D eigenvalue weighted by Gasteiger charge is -2.12. The van der Waals surface area contributed by atoms with Crippen LogP contribution in [0.25, 0.3) is 0 Å². The molecule has 6 heteroatoms. The molecule has 20 heavy (non-hydrogen) atoms. The van der Waals surface area contributed by atoms with Crippen molar-refractivity contribution in [3.63, 3.8) is 0 Å². The number of methoxy groups -OCH3 is 1. The van der Waals surface area contributed by atoms with Crippen LogP contribution in [-0.4, -0.2) is 13.1 Å². The SMILES string of the molecule is COC(=O)c1cc(N)cc(Cl)c1Oc1ccc(I)cc1. The topological polar surface area (TPSA) is 61.5 Å². The molecule has 0 amide bonds. The second-order valence-electron chi connectivity index (χ2n) is 3.93. The van der Waals surface area contributed by atoms with Gasteiger partial charge in [0.05, 0.1) is 12.1 Å². The van der Waals surface area contributed by atoms with Gasteiger partial charge in [-0.1, -0.05) is 11.6 Å². The number of hydrogen-bond acceptors (Lipinski definition) is 4. The first-order chi connectivity index (χ1) is 9.51. The van der Waals surface area contributed by atoms with Crippen molar-refractivity contribution in [1.82, 2.24) is 0 Å². The highest BCUT2D eigenvalue weighted by molar-refractivity contribution is 14.1. The number of carbonyl (C=O) groups is 1. The summed E-state index contributed by atoms with van der Waals surface area (Å²) in [6.07, 6.45) is 0. The molecule has 2 N–H and O–H groups in total. The van der Waals surface area contributed by atoms with Crippen LogP contribution < -0.4 is 10.5 Å². The van der Waals surface area contributed by atoms with Crippen molar-refractivity contribution in [3.05, 3.63) is 50.6 Å². The zero-order valence-corrected chi connectivity index (χ0v) is 13.4. The Balaban J connectivity index is 2.44. The third-order valence-corrected chi connectivity index (χ3v) is 3.50. The molecule has 0 spiro atoms. The first-order valence-electron chi connectivity index (χ1n) is 5.62. The second kappa shape index (κ2) is 6.32. The molecule has 0 aliphatic rings. The molecule has 0 aliphatic heterocycles. The predicted octanol–water partition coefficient (Wildman–Crippen LogP) is 4.11. The Kier molecular flexibility index (Phi) is 4.72. The summed E-state index contributed by atoms with van der Waals surface area (Å²) < 4.78 is 11.5. The van der Waals surface area contributed by atoms with Crippen LogP contribution in [0.4, 0.5) is 5.69 Å². The summed E-state index contributed by atoms with van der Waals surface area (Å²) in [5, 5.41) is 0.254. The van der Waals surface area contributed by atoms with Crippen molar-refractivity contribution in [1.29, 1.82) is 0 Å². The standard InChI is InChI=1S/C14H11ClINO3/c1-19-14(18)11-6-9(17)7-12(15)13(11)20-10-4-2-8(16)3-5-10/h2-7H,17H2,1H3. The molecule has 0 aliphatic carbocycles. The second-order valence-corrected chi connectivity index (χ2v) is 5.58. The zero-order chi connectivity index (χ0) is 14.7. The van der Waals surface area contributed by atoms with Gasteiger partial charge in [-0.2, -0.15) is 0 Å². The molecule has 0 atom stereocenters. The van der Waals surface area contributed by atoms with Crippen molar-refractivity contribution in [2.24, 2.45) is 0 Å². The average Bonchev–Trinajstić information content (AvgIpc) is 2.42. The molecule has 104 valence electrons. The summed E-state index contributed by atoms with van der Waals surface area (Å²) in [5.74, 6) is 0.246. The summed E-state index contributed by atoms with van der Waals surface area (Å²) in [4.78, 5) is 11.8. The van der Waals surface area contributed by atoms with E-state index in [4.69, 9.17) is 26.8 Å². The van der Waals surface area contributed by atoms with Gasteiger partial charge in [0.1, 0.15) is 11.3 Å². The predicted molar refractivity (Wildman–Crippen MR) is 86.4 cm³/mol. The number of anilines is 1. The number of nitrogen functional groups attached to an aromatic ring is 1. The van der Waals surface area contributed by atoms with Gasteiger partial charge in [-0.3, -0.25) is 0 Å². The number of ether oxygens (including phenoxy) is 2. The molecule has 0 heterocycles. The molecule has 0 fully saturated rings. The fraction of sp³-hybridized carbons (Fsp3) is 0.0714. The molecule has 2 aromatic carbocycles. The number of rotatable bonds is 3. The minimum absolute atomic E-state index is 0.191. The number of esters is 1. The van der Waals surface area contributed by atoms with E-state index in [0.29, 0.717) is 11.4 Å². The highest BCUT2D eigenvalue weighted by Crippen LogP contribution is 2.35. The Bertz CT molecular complexity index is 644. The fourth-order valence-electron chi connectivity index (χ4n) is 1.60. The van der Waals surface area contributed by atoms with E-state index in [2.05, 4.69) is 22.6 Å². The van der Waals surface area contributed by atoms with Gasteiger partial charge in [-0.15, -0.1) is 0 Å². The van der Waals surface area contributed by atoms with Crippen molar-refractivity contribution >= 4 is 45.8 Å². The maximum atomic E-state index is 11.8. The molecule has 0 saturated heterocycles. The van der Waals surface area contributed by atoms with E-state index in [1.54, 1.807) is 12.1 Å². The van der Waals surface area contributed by atoms with Crippen molar-refractivity contribution in [2.45, 2.75) is 0 Å². The van der Waals surface area contributed by atoms with E-state index in [9.17, 15) is 4.79 Å². The van der Waals surface area contributed by atoms with Crippen LogP contribution in [0.3, 0.4) is 0 Å². The molecular weight excluding hydrogens is 393 g/mol. The van der Waals surface area contributed by atoms with E-state index in [1.807, 2.05) is 12.1 Å². The Morgan fingerprint density at radius 1 is 1.25 bits per heavy atom. The van der Waals surface area contributed by atoms with Gasteiger partial charge >= 0.3 is 5.97 Å². The van der Waals surface area contributed by atoms with Crippen molar-refractivity contribution in [2.75, 3.05) is 12.8 Å². The summed E-state index contributed by atoms with van der Waals surface area (Å²) in [5.41, 5.74) is 6.24. The lowest BCUT2D eigenvalue weighted by molar-refractivity contribution is 0.0598. The van der Waals surface area contributed by atoms with Crippen molar-refractivity contribution < 1.29 is 14.3 Å². The van der Waals surface area contributed by atoms with Crippen LogP contribution in [0.5, 0.6) is 11.5 Å². The first kappa shape index (κ1) is 14.9. The summed E-state index contributed by atoms with van der Waals surface area (Å²) in [6.45, 7) is 0. The minimum Gasteiger partial charge on any atom is -0.465 e. The molecule has 0 radical (unpaired) electrons. The van der Waals surface area contributed by atoms with Crippen LogP contribution in [0, 0.1) is 3.57 Å². The van der Waals surface area contributed by atoms with Crippen molar-refractivity contribution in [3.8, 4) is 11.5 Å². The van der Waals surface area contributed by atoms with Gasteiger partial charge < -0.3 is 15.2 Å². The van der Waals surface area contributed by atoms with Crippen LogP contribution in [-0.2, 0) is 4.74 Å². The maximum absolute atomic E-state index is 11.8. The van der Waals surface area contributed by atoms with Gasteiger partial charge in [0.2, 0.25) is 0 Å². The fourth-order valence-corrected chi connectivity index (χ4v) is 2.23. The summed E-state index contributed by atoms with van der Waals surface area (Å²) in [7, 11) is 1.29. The molecular formula is C14H11ClINO3. The van der Waals surface area contributed by atoms with Gasteiger partial charge in [-0.25, -0.2) is 4.79 Å². The van der Waals surface area contributed by atoms with E-state index in [-0.39, 0.29) is 16.3 Å². The Hall–Kier alpha value is -1.47. The van der Waals surface area contributed by atoms with Gasteiger partial charge in [0.15, 0.2) is 5.75 Å². The number of nitrogens with two attached hydrogens (primary N) is 1. The molecule has 4 nitrogen and oxygen atoms in total. The lowest BCUT2D eigenvalue weighted by Crippen LogP contribution is -2.05. The highest BCUT2D eigenvalue weighted by atomic mass is 127. The average molecular weight is 404 g/mol. The molecule has 0 saturated carbocycles. The van der Waals surface area contributed by atoms with Crippen LogP contribution >= 0.6 is 34.2 Å². The number of halogens is 2. The van der Waals surface area contributed by atoms with Gasteiger partial charge in [0, 0.05) is 9.26 Å². The van der Waals surface area contributed by atoms with Crippen LogP contribution in [0.2, 0.25) is 5.02 Å². The van der Waals surface area contributed by atoms with E-state index >= 15 is 0 Å². The summed E-state index contributed by atoms with van der Waals surface area (Å²) in [6, 6.07) is 10.3. The number of carbonyl (C=O) groups excluding carboxylic acids is 1. The number of benzene rings is 2. The molecule has 0 bridgehead atoms. The van der Waals surface area contributed by atoms with E-state index < -0.39 is 5.97 Å². The minimum atomic E-state index is -0.556. The molecule has 2 rings (SSSR count). The monoisotopic (exact) mass is 403 g/mol. The highest BCUT2D eigenvalue weighted by Gasteiger charge is 2.18. The normalized spacial score (nSPS) is 10.2. The molecule has 0 aromatic heterocycles. The third kappa shape index (κ3) is 3.34. The van der Waals surface area contributed by atoms with E-state index in [0.717, 1.165) is 3.57 Å². The Morgan fingerprint density at radius 2 is 1.90 bits per heavy atom. The quantitative estimate of drug-likeness (QED) is 0.476. The largest absolute Gasteiger partial charge is 0.465 e. The Morgan fingerprint density at radius 3 is 2.50 bits per heavy atom.